The normalized spacial score (nSPS) is 22.5. The van der Waals surface area contributed by atoms with Gasteiger partial charge in [-0.3, -0.25) is 29.8 Å². The van der Waals surface area contributed by atoms with Crippen LogP contribution >= 0.6 is 0 Å². The summed E-state index contributed by atoms with van der Waals surface area (Å²) < 4.78 is 10.6. The van der Waals surface area contributed by atoms with Crippen molar-refractivity contribution in [1.82, 2.24) is 0 Å². The zero-order chi connectivity index (χ0) is 22.0. The van der Waals surface area contributed by atoms with Gasteiger partial charge in [0.2, 0.25) is 0 Å². The van der Waals surface area contributed by atoms with E-state index < -0.39 is 33.6 Å². The molecule has 1 aliphatic carbocycles. The van der Waals surface area contributed by atoms with E-state index in [0.29, 0.717) is 0 Å². The van der Waals surface area contributed by atoms with Gasteiger partial charge in [0.05, 0.1) is 21.7 Å². The minimum atomic E-state index is -0.553. The van der Waals surface area contributed by atoms with E-state index in [1.165, 1.54) is 48.5 Å². The fourth-order valence-corrected chi connectivity index (χ4v) is 3.76. The Kier molecular flexibility index (Phi) is 5.77. The Balaban J connectivity index is 1.59. The van der Waals surface area contributed by atoms with Crippen LogP contribution in [0.15, 0.2) is 48.5 Å². The Morgan fingerprint density at radius 2 is 1.00 bits per heavy atom. The summed E-state index contributed by atoms with van der Waals surface area (Å²) in [5, 5.41) is 21.4. The molecule has 1 aliphatic rings. The molecular formula is C20H18N2O8. The Bertz CT molecular complexity index is 897. The van der Waals surface area contributed by atoms with E-state index in [1.54, 1.807) is 13.8 Å². The summed E-state index contributed by atoms with van der Waals surface area (Å²) in [7, 11) is 0. The molecule has 1 fully saturated rings. The van der Waals surface area contributed by atoms with Crippen LogP contribution in [0.3, 0.4) is 0 Å². The van der Waals surface area contributed by atoms with Crippen molar-refractivity contribution >= 4 is 23.3 Å². The van der Waals surface area contributed by atoms with Crippen LogP contribution in [0.5, 0.6) is 11.5 Å². The SMILES string of the molecule is CC1C(C(=O)Oc2ccc([N+](=O)[O-])cc2)C(C)C1C(=O)Oc1ccc([N+](=O)[O-])cc1. The summed E-state index contributed by atoms with van der Waals surface area (Å²) in [5.74, 6) is -2.42. The van der Waals surface area contributed by atoms with Crippen LogP contribution in [-0.4, -0.2) is 21.8 Å². The Morgan fingerprint density at radius 3 is 1.27 bits per heavy atom. The minimum Gasteiger partial charge on any atom is -0.426 e. The van der Waals surface area contributed by atoms with Crippen molar-refractivity contribution in [1.29, 1.82) is 0 Å². The van der Waals surface area contributed by atoms with Crippen LogP contribution in [0.1, 0.15) is 13.8 Å². The van der Waals surface area contributed by atoms with Gasteiger partial charge < -0.3 is 9.47 Å². The predicted molar refractivity (Wildman–Crippen MR) is 103 cm³/mol. The fraction of sp³-hybridized carbons (Fsp3) is 0.300. The van der Waals surface area contributed by atoms with Crippen LogP contribution in [0.2, 0.25) is 0 Å². The second-order valence-electron chi connectivity index (χ2n) is 7.11. The standard InChI is InChI=1S/C20H18N2O8/c1-11-17(19(23)29-15-7-3-13(4-8-15)21(25)26)12(2)18(11)20(24)30-16-9-5-14(6-10-16)22(27)28/h3-12,17-18H,1-2H3. The minimum absolute atomic E-state index is 0.116. The molecule has 156 valence electrons. The molecule has 0 spiro atoms. The molecule has 0 aromatic heterocycles. The predicted octanol–water partition coefficient (Wildman–Crippen LogP) is 3.53. The Morgan fingerprint density at radius 1 is 0.700 bits per heavy atom. The number of hydrogen-bond donors (Lipinski definition) is 0. The second-order valence-corrected chi connectivity index (χ2v) is 7.11. The molecule has 0 aliphatic heterocycles. The van der Waals surface area contributed by atoms with Gasteiger partial charge in [-0.1, -0.05) is 13.8 Å². The fourth-order valence-electron chi connectivity index (χ4n) is 3.76. The summed E-state index contributed by atoms with van der Waals surface area (Å²) >= 11 is 0. The zero-order valence-corrected chi connectivity index (χ0v) is 16.1. The van der Waals surface area contributed by atoms with Crippen molar-refractivity contribution in [2.45, 2.75) is 13.8 Å². The molecule has 0 saturated heterocycles. The van der Waals surface area contributed by atoms with E-state index >= 15 is 0 Å². The van der Waals surface area contributed by atoms with E-state index in [-0.39, 0.29) is 34.7 Å². The molecule has 1 saturated carbocycles. The lowest BCUT2D eigenvalue weighted by atomic mass is 9.58. The first kappa shape index (κ1) is 20.9. The molecule has 0 unspecified atom stereocenters. The first-order valence-corrected chi connectivity index (χ1v) is 9.11. The molecule has 0 bridgehead atoms. The lowest BCUT2D eigenvalue weighted by Gasteiger charge is -2.45. The van der Waals surface area contributed by atoms with E-state index in [9.17, 15) is 29.8 Å². The topological polar surface area (TPSA) is 139 Å². The van der Waals surface area contributed by atoms with Gasteiger partial charge >= 0.3 is 11.9 Å². The summed E-state index contributed by atoms with van der Waals surface area (Å²) in [6.45, 7) is 3.48. The van der Waals surface area contributed by atoms with Gasteiger partial charge in [-0.15, -0.1) is 0 Å². The van der Waals surface area contributed by atoms with Crippen molar-refractivity contribution in [3.63, 3.8) is 0 Å². The highest BCUT2D eigenvalue weighted by Crippen LogP contribution is 2.47. The maximum absolute atomic E-state index is 12.5. The summed E-state index contributed by atoms with van der Waals surface area (Å²) in [5.41, 5.74) is -0.233. The van der Waals surface area contributed by atoms with E-state index in [1.807, 2.05) is 0 Å². The number of non-ortho nitro benzene ring substituents is 2. The molecular weight excluding hydrogens is 396 g/mol. The maximum Gasteiger partial charge on any atom is 0.314 e. The van der Waals surface area contributed by atoms with E-state index in [2.05, 4.69) is 0 Å². The number of nitro benzene ring substituents is 2. The van der Waals surface area contributed by atoms with Gasteiger partial charge in [0.15, 0.2) is 0 Å². The highest BCUT2D eigenvalue weighted by atomic mass is 16.6. The largest absolute Gasteiger partial charge is 0.426 e. The monoisotopic (exact) mass is 414 g/mol. The quantitative estimate of drug-likeness (QED) is 0.303. The van der Waals surface area contributed by atoms with Crippen molar-refractivity contribution in [2.75, 3.05) is 0 Å². The number of ether oxygens (including phenoxy) is 2. The van der Waals surface area contributed by atoms with Gasteiger partial charge in [0.1, 0.15) is 11.5 Å². The number of nitrogens with zero attached hydrogens (tertiary/aromatic N) is 2. The zero-order valence-electron chi connectivity index (χ0n) is 16.1. The number of esters is 2. The molecule has 10 nitrogen and oxygen atoms in total. The number of rotatable bonds is 6. The van der Waals surface area contributed by atoms with E-state index in [4.69, 9.17) is 9.47 Å². The van der Waals surface area contributed by atoms with Crippen LogP contribution in [0.25, 0.3) is 0 Å². The van der Waals surface area contributed by atoms with Crippen LogP contribution in [-0.2, 0) is 9.59 Å². The number of benzene rings is 2. The van der Waals surface area contributed by atoms with Crippen molar-refractivity contribution < 1.29 is 28.9 Å². The third-order valence-electron chi connectivity index (χ3n) is 5.34. The lowest BCUT2D eigenvalue weighted by molar-refractivity contribution is -0.385. The number of carbonyl (C=O) groups excluding carboxylic acids is 2. The van der Waals surface area contributed by atoms with Crippen LogP contribution < -0.4 is 9.47 Å². The molecule has 0 heterocycles. The molecule has 0 radical (unpaired) electrons. The molecule has 3 rings (SSSR count). The smallest absolute Gasteiger partial charge is 0.314 e. The summed E-state index contributed by atoms with van der Waals surface area (Å²) in [4.78, 5) is 45.2. The number of carbonyl (C=O) groups is 2. The van der Waals surface area contributed by atoms with Crippen LogP contribution in [0, 0.1) is 43.9 Å². The first-order chi connectivity index (χ1) is 14.2. The second kappa shape index (κ2) is 8.27. The van der Waals surface area contributed by atoms with Gasteiger partial charge in [0, 0.05) is 24.3 Å². The molecule has 10 heteroatoms. The van der Waals surface area contributed by atoms with Gasteiger partial charge in [-0.05, 0) is 36.1 Å². The van der Waals surface area contributed by atoms with Crippen molar-refractivity contribution in [3.05, 3.63) is 68.8 Å². The number of nitro groups is 2. The molecule has 0 N–H and O–H groups in total. The molecule has 2 aromatic carbocycles. The average Bonchev–Trinajstić information content (AvgIpc) is 2.68. The van der Waals surface area contributed by atoms with Gasteiger partial charge in [-0.25, -0.2) is 0 Å². The maximum atomic E-state index is 12.5. The van der Waals surface area contributed by atoms with Gasteiger partial charge in [-0.2, -0.15) is 0 Å². The third-order valence-corrected chi connectivity index (χ3v) is 5.34. The summed E-state index contributed by atoms with van der Waals surface area (Å²) in [6.07, 6.45) is 0. The Hall–Kier alpha value is -3.82. The van der Waals surface area contributed by atoms with Crippen molar-refractivity contribution in [3.8, 4) is 11.5 Å². The van der Waals surface area contributed by atoms with E-state index in [0.717, 1.165) is 0 Å². The average molecular weight is 414 g/mol. The number of hydrogen-bond acceptors (Lipinski definition) is 8. The molecule has 30 heavy (non-hydrogen) atoms. The highest BCUT2D eigenvalue weighted by Gasteiger charge is 2.54. The molecule has 2 aromatic rings. The summed E-state index contributed by atoms with van der Waals surface area (Å²) in [6, 6.07) is 10.3. The molecule has 0 atom stereocenters. The van der Waals surface area contributed by atoms with Crippen LogP contribution in [0.4, 0.5) is 11.4 Å². The Labute approximate surface area is 170 Å². The van der Waals surface area contributed by atoms with Gasteiger partial charge in [0.25, 0.3) is 11.4 Å². The van der Waals surface area contributed by atoms with Crippen molar-refractivity contribution in [2.24, 2.45) is 23.7 Å². The molecule has 0 amide bonds. The highest BCUT2D eigenvalue weighted by molar-refractivity contribution is 5.83. The lowest BCUT2D eigenvalue weighted by Crippen LogP contribution is -2.53. The first-order valence-electron chi connectivity index (χ1n) is 9.11. The third kappa shape index (κ3) is 4.12.